The second-order valence-corrected chi connectivity index (χ2v) is 5.96. The molecular formula is C18H27N3O2. The highest BCUT2D eigenvalue weighted by Crippen LogP contribution is 2.27. The summed E-state index contributed by atoms with van der Waals surface area (Å²) < 4.78 is 0. The summed E-state index contributed by atoms with van der Waals surface area (Å²) in [6.45, 7) is 7.76. The molecule has 2 N–H and O–H groups in total. The summed E-state index contributed by atoms with van der Waals surface area (Å²) >= 11 is 0. The summed E-state index contributed by atoms with van der Waals surface area (Å²) in [6.07, 6.45) is 1.71. The zero-order valence-corrected chi connectivity index (χ0v) is 14.1. The number of carbonyl (C=O) groups excluding carboxylic acids is 2. The molecule has 1 aliphatic rings. The maximum Gasteiger partial charge on any atom is 0.227 e. The molecule has 2 rings (SSSR count). The van der Waals surface area contributed by atoms with E-state index in [1.165, 1.54) is 0 Å². The van der Waals surface area contributed by atoms with Crippen LogP contribution in [0.2, 0.25) is 0 Å². The lowest BCUT2D eigenvalue weighted by Gasteiger charge is -2.24. The summed E-state index contributed by atoms with van der Waals surface area (Å²) in [4.78, 5) is 26.3. The Morgan fingerprint density at radius 2 is 2.04 bits per heavy atom. The molecule has 0 radical (unpaired) electrons. The van der Waals surface area contributed by atoms with E-state index in [-0.39, 0.29) is 17.7 Å². The van der Waals surface area contributed by atoms with E-state index in [9.17, 15) is 9.59 Å². The normalized spacial score (nSPS) is 16.8. The summed E-state index contributed by atoms with van der Waals surface area (Å²) in [5.74, 6) is -0.0538. The smallest absolute Gasteiger partial charge is 0.227 e. The number of para-hydroxylation sites is 1. The number of carbonyl (C=O) groups is 2. The van der Waals surface area contributed by atoms with Gasteiger partial charge in [-0.3, -0.25) is 9.59 Å². The van der Waals surface area contributed by atoms with E-state index >= 15 is 0 Å². The Morgan fingerprint density at radius 3 is 2.78 bits per heavy atom. The van der Waals surface area contributed by atoms with Crippen molar-refractivity contribution in [2.75, 3.05) is 31.5 Å². The van der Waals surface area contributed by atoms with Gasteiger partial charge in [0.25, 0.3) is 0 Å². The number of nitrogens with zero attached hydrogens (tertiary/aromatic N) is 1. The molecule has 0 spiro atoms. The van der Waals surface area contributed by atoms with E-state index in [0.717, 1.165) is 30.9 Å². The molecule has 1 atom stereocenters. The molecule has 2 amide bonds. The highest BCUT2D eigenvalue weighted by molar-refractivity contribution is 5.96. The maximum absolute atomic E-state index is 12.1. The number of nitrogens with one attached hydrogen (secondary N) is 2. The van der Waals surface area contributed by atoms with Gasteiger partial charge in [0.05, 0.1) is 0 Å². The summed E-state index contributed by atoms with van der Waals surface area (Å²) in [7, 11) is 0. The molecule has 0 saturated heterocycles. The van der Waals surface area contributed by atoms with Crippen LogP contribution < -0.4 is 10.6 Å². The van der Waals surface area contributed by atoms with Gasteiger partial charge in [-0.2, -0.15) is 0 Å². The Balaban J connectivity index is 1.73. The van der Waals surface area contributed by atoms with E-state index in [1.54, 1.807) is 0 Å². The molecule has 0 aromatic heterocycles. The first-order valence-electron chi connectivity index (χ1n) is 8.51. The molecule has 1 aliphatic heterocycles. The predicted molar refractivity (Wildman–Crippen MR) is 92.3 cm³/mol. The quantitative estimate of drug-likeness (QED) is 0.771. The average Bonchev–Trinajstić information content (AvgIpc) is 2.57. The van der Waals surface area contributed by atoms with Crippen molar-refractivity contribution < 1.29 is 9.59 Å². The first-order chi connectivity index (χ1) is 11.1. The van der Waals surface area contributed by atoms with Crippen LogP contribution in [0.3, 0.4) is 0 Å². The SMILES string of the molecule is CCN(CC)CCNC(=O)CCC1Cc2ccccc2NC1=O. The van der Waals surface area contributed by atoms with E-state index < -0.39 is 0 Å². The summed E-state index contributed by atoms with van der Waals surface area (Å²) in [6, 6.07) is 7.85. The molecule has 1 aromatic carbocycles. The van der Waals surface area contributed by atoms with Crippen molar-refractivity contribution in [3.05, 3.63) is 29.8 Å². The molecule has 5 nitrogen and oxygen atoms in total. The molecular weight excluding hydrogens is 290 g/mol. The largest absolute Gasteiger partial charge is 0.355 e. The molecule has 1 aromatic rings. The minimum atomic E-state index is -0.113. The van der Waals surface area contributed by atoms with Crippen molar-refractivity contribution in [1.82, 2.24) is 10.2 Å². The van der Waals surface area contributed by atoms with Gasteiger partial charge in [-0.05, 0) is 37.6 Å². The predicted octanol–water partition coefficient (Wildman–Crippen LogP) is 2.04. The number of hydrogen-bond acceptors (Lipinski definition) is 3. The highest BCUT2D eigenvalue weighted by Gasteiger charge is 2.26. The molecule has 0 saturated carbocycles. The second kappa shape index (κ2) is 8.67. The number of fused-ring (bicyclic) bond motifs is 1. The molecule has 1 unspecified atom stereocenters. The topological polar surface area (TPSA) is 61.4 Å². The number of rotatable bonds is 8. The molecule has 23 heavy (non-hydrogen) atoms. The van der Waals surface area contributed by atoms with Crippen molar-refractivity contribution in [1.29, 1.82) is 0 Å². The maximum atomic E-state index is 12.1. The van der Waals surface area contributed by atoms with Gasteiger partial charge in [0.1, 0.15) is 0 Å². The van der Waals surface area contributed by atoms with E-state index in [4.69, 9.17) is 0 Å². The van der Waals surface area contributed by atoms with Crippen LogP contribution in [0.4, 0.5) is 5.69 Å². The van der Waals surface area contributed by atoms with Gasteiger partial charge in [0.15, 0.2) is 0 Å². The van der Waals surface area contributed by atoms with Crippen LogP contribution in [0.5, 0.6) is 0 Å². The first kappa shape index (κ1) is 17.5. The van der Waals surface area contributed by atoms with Crippen LogP contribution in [0.15, 0.2) is 24.3 Å². The lowest BCUT2D eigenvalue weighted by molar-refractivity contribution is -0.122. The van der Waals surface area contributed by atoms with Crippen LogP contribution in [0.1, 0.15) is 32.3 Å². The minimum Gasteiger partial charge on any atom is -0.355 e. The van der Waals surface area contributed by atoms with Crippen LogP contribution >= 0.6 is 0 Å². The Hall–Kier alpha value is -1.88. The van der Waals surface area contributed by atoms with Gasteiger partial charge < -0.3 is 15.5 Å². The Labute approximate surface area is 138 Å². The van der Waals surface area contributed by atoms with Crippen LogP contribution in [-0.4, -0.2) is 42.9 Å². The highest BCUT2D eigenvalue weighted by atomic mass is 16.2. The van der Waals surface area contributed by atoms with Crippen LogP contribution in [-0.2, 0) is 16.0 Å². The fourth-order valence-corrected chi connectivity index (χ4v) is 2.93. The fraction of sp³-hybridized carbons (Fsp3) is 0.556. The molecule has 1 heterocycles. The van der Waals surface area contributed by atoms with Gasteiger partial charge in [-0.25, -0.2) is 0 Å². The molecule has 0 aliphatic carbocycles. The lowest BCUT2D eigenvalue weighted by Crippen LogP contribution is -2.35. The number of likely N-dealkylation sites (N-methyl/N-ethyl adjacent to an activating group) is 1. The standard InChI is InChI=1S/C18H27N3O2/c1-3-21(4-2)12-11-19-17(22)10-9-15-13-14-7-5-6-8-16(14)20-18(15)23/h5-8,15H,3-4,9-13H2,1-2H3,(H,19,22)(H,20,23). The summed E-state index contributed by atoms with van der Waals surface area (Å²) in [5, 5.41) is 5.87. The van der Waals surface area contributed by atoms with Crippen molar-refractivity contribution in [3.63, 3.8) is 0 Å². The van der Waals surface area contributed by atoms with Gasteiger partial charge in [0, 0.05) is 31.1 Å². The van der Waals surface area contributed by atoms with Gasteiger partial charge in [-0.1, -0.05) is 32.0 Å². The molecule has 0 bridgehead atoms. The van der Waals surface area contributed by atoms with Crippen molar-refractivity contribution in [2.24, 2.45) is 5.92 Å². The number of hydrogen-bond donors (Lipinski definition) is 2. The van der Waals surface area contributed by atoms with E-state index in [1.807, 2.05) is 24.3 Å². The van der Waals surface area contributed by atoms with Crippen molar-refractivity contribution in [2.45, 2.75) is 33.1 Å². The average molecular weight is 317 g/mol. The third kappa shape index (κ3) is 5.06. The zero-order valence-electron chi connectivity index (χ0n) is 14.1. The third-order valence-electron chi connectivity index (χ3n) is 4.48. The Bertz CT molecular complexity index is 541. The second-order valence-electron chi connectivity index (χ2n) is 5.96. The number of benzene rings is 1. The summed E-state index contributed by atoms with van der Waals surface area (Å²) in [5.41, 5.74) is 2.05. The zero-order chi connectivity index (χ0) is 16.7. The molecule has 0 fully saturated rings. The van der Waals surface area contributed by atoms with Crippen molar-refractivity contribution >= 4 is 17.5 Å². The lowest BCUT2D eigenvalue weighted by atomic mass is 9.89. The van der Waals surface area contributed by atoms with Gasteiger partial charge >= 0.3 is 0 Å². The van der Waals surface area contributed by atoms with E-state index in [2.05, 4.69) is 29.4 Å². The van der Waals surface area contributed by atoms with Gasteiger partial charge in [-0.15, -0.1) is 0 Å². The first-order valence-corrected chi connectivity index (χ1v) is 8.51. The van der Waals surface area contributed by atoms with Gasteiger partial charge in [0.2, 0.25) is 11.8 Å². The molecule has 126 valence electrons. The number of anilines is 1. The van der Waals surface area contributed by atoms with Crippen LogP contribution in [0.25, 0.3) is 0 Å². The van der Waals surface area contributed by atoms with E-state index in [0.29, 0.717) is 25.8 Å². The van der Waals surface area contributed by atoms with Crippen molar-refractivity contribution in [3.8, 4) is 0 Å². The fourth-order valence-electron chi connectivity index (χ4n) is 2.93. The molecule has 5 heteroatoms. The monoisotopic (exact) mass is 317 g/mol. The minimum absolute atomic E-state index is 0.0274. The Kier molecular flexibility index (Phi) is 6.59. The Morgan fingerprint density at radius 1 is 1.30 bits per heavy atom. The number of amides is 2. The third-order valence-corrected chi connectivity index (χ3v) is 4.48. The van der Waals surface area contributed by atoms with Crippen LogP contribution in [0, 0.1) is 5.92 Å².